The highest BCUT2D eigenvalue weighted by molar-refractivity contribution is 7.89. The zero-order valence-corrected chi connectivity index (χ0v) is 15.9. The van der Waals surface area contributed by atoms with Crippen LogP contribution >= 0.6 is 11.6 Å². The van der Waals surface area contributed by atoms with Crippen LogP contribution in [0.15, 0.2) is 53.4 Å². The van der Waals surface area contributed by atoms with Crippen LogP contribution in [0.3, 0.4) is 0 Å². The van der Waals surface area contributed by atoms with Crippen molar-refractivity contribution in [3.63, 3.8) is 0 Å². The lowest BCUT2D eigenvalue weighted by Gasteiger charge is -2.08. The molecule has 0 unspecified atom stereocenters. The van der Waals surface area contributed by atoms with Gasteiger partial charge in [-0.3, -0.25) is 4.79 Å². The van der Waals surface area contributed by atoms with Gasteiger partial charge in [0.25, 0.3) is 0 Å². The van der Waals surface area contributed by atoms with Gasteiger partial charge in [0.05, 0.1) is 4.90 Å². The number of nitrogens with one attached hydrogen (secondary N) is 1. The molecule has 0 saturated heterocycles. The van der Waals surface area contributed by atoms with Gasteiger partial charge in [-0.05, 0) is 61.1 Å². The van der Waals surface area contributed by atoms with Crippen LogP contribution in [0.25, 0.3) is 0 Å². The molecule has 0 aromatic heterocycles. The normalized spacial score (nSPS) is 11.4. The van der Waals surface area contributed by atoms with E-state index < -0.39 is 16.0 Å². The van der Waals surface area contributed by atoms with Crippen LogP contribution in [0.5, 0.6) is 0 Å². The molecule has 2 rings (SSSR count). The summed E-state index contributed by atoms with van der Waals surface area (Å²) in [5.41, 5.74) is 2.19. The summed E-state index contributed by atoms with van der Waals surface area (Å²) in [6, 6.07) is 14.0. The third kappa shape index (κ3) is 6.78. The minimum absolute atomic E-state index is 0.193. The van der Waals surface area contributed by atoms with E-state index in [9.17, 15) is 13.2 Å². The fourth-order valence-electron chi connectivity index (χ4n) is 2.50. The number of carboxylic acids is 1. The molecule has 0 aliphatic carbocycles. The predicted octanol–water partition coefficient (Wildman–Crippen LogP) is 3.66. The summed E-state index contributed by atoms with van der Waals surface area (Å²) >= 11 is 5.77. The molecule has 26 heavy (non-hydrogen) atoms. The zero-order valence-electron chi connectivity index (χ0n) is 14.3. The van der Waals surface area contributed by atoms with Crippen molar-refractivity contribution in [3.05, 3.63) is 64.7 Å². The monoisotopic (exact) mass is 395 g/mol. The number of unbranched alkanes of at least 4 members (excludes halogenated alkanes) is 1. The molecule has 0 amide bonds. The first-order valence-electron chi connectivity index (χ1n) is 8.42. The number of benzene rings is 2. The second-order valence-corrected chi connectivity index (χ2v) is 8.22. The number of sulfonamides is 1. The lowest BCUT2D eigenvalue weighted by atomic mass is 10.0. The summed E-state index contributed by atoms with van der Waals surface area (Å²) in [6.07, 6.45) is 3.14. The number of hydrogen-bond acceptors (Lipinski definition) is 3. The number of halogens is 1. The van der Waals surface area contributed by atoms with E-state index in [1.807, 2.05) is 24.3 Å². The predicted molar refractivity (Wildman–Crippen MR) is 102 cm³/mol. The molecular weight excluding hydrogens is 374 g/mol. The smallest absolute Gasteiger partial charge is 0.303 e. The van der Waals surface area contributed by atoms with Crippen molar-refractivity contribution >= 4 is 27.6 Å². The summed E-state index contributed by atoms with van der Waals surface area (Å²) in [5.74, 6) is -0.763. The van der Waals surface area contributed by atoms with Gasteiger partial charge in [-0.1, -0.05) is 35.9 Å². The molecule has 0 atom stereocenters. The van der Waals surface area contributed by atoms with Crippen LogP contribution in [-0.2, 0) is 27.7 Å². The topological polar surface area (TPSA) is 83.5 Å². The average Bonchev–Trinajstić information content (AvgIpc) is 2.60. The Balaban J connectivity index is 1.78. The Hall–Kier alpha value is -1.89. The molecule has 2 N–H and O–H groups in total. The summed E-state index contributed by atoms with van der Waals surface area (Å²) in [6.45, 7) is 0.308. The fourth-order valence-corrected chi connectivity index (χ4v) is 3.66. The summed E-state index contributed by atoms with van der Waals surface area (Å²) < 4.78 is 27.0. The van der Waals surface area contributed by atoms with Crippen LogP contribution in [0.4, 0.5) is 0 Å². The SMILES string of the molecule is O=C(O)CCCCc1ccc(CCNS(=O)(=O)c2ccc(Cl)cc2)cc1. The summed E-state index contributed by atoms with van der Waals surface area (Å²) in [5, 5.41) is 9.11. The Morgan fingerprint density at radius 1 is 0.923 bits per heavy atom. The number of carbonyl (C=O) groups is 1. The maximum Gasteiger partial charge on any atom is 0.303 e. The Morgan fingerprint density at radius 3 is 2.08 bits per heavy atom. The number of aliphatic carboxylic acids is 1. The minimum Gasteiger partial charge on any atom is -0.481 e. The molecule has 7 heteroatoms. The van der Waals surface area contributed by atoms with Crippen LogP contribution < -0.4 is 4.72 Å². The molecule has 2 aromatic carbocycles. The van der Waals surface area contributed by atoms with Crippen LogP contribution in [-0.4, -0.2) is 26.0 Å². The second-order valence-electron chi connectivity index (χ2n) is 6.02. The van der Waals surface area contributed by atoms with Crippen molar-refractivity contribution < 1.29 is 18.3 Å². The van der Waals surface area contributed by atoms with Gasteiger partial charge in [0.2, 0.25) is 10.0 Å². The van der Waals surface area contributed by atoms with E-state index >= 15 is 0 Å². The lowest BCUT2D eigenvalue weighted by Crippen LogP contribution is -2.25. The van der Waals surface area contributed by atoms with E-state index in [2.05, 4.69) is 4.72 Å². The van der Waals surface area contributed by atoms with Crippen molar-refractivity contribution in [1.82, 2.24) is 4.72 Å². The molecule has 0 bridgehead atoms. The van der Waals surface area contributed by atoms with E-state index in [1.165, 1.54) is 12.1 Å². The summed E-state index contributed by atoms with van der Waals surface area (Å²) in [7, 11) is -3.53. The second kappa shape index (κ2) is 9.71. The standard InChI is InChI=1S/C19H22ClNO4S/c20-17-9-11-18(12-10-17)26(24,25)21-14-13-16-7-5-15(6-8-16)3-1-2-4-19(22)23/h5-12,21H,1-4,13-14H2,(H,22,23). The Morgan fingerprint density at radius 2 is 1.50 bits per heavy atom. The van der Waals surface area contributed by atoms with Crippen molar-refractivity contribution in [2.75, 3.05) is 6.54 Å². The van der Waals surface area contributed by atoms with Gasteiger partial charge in [-0.2, -0.15) is 0 Å². The zero-order chi connectivity index (χ0) is 19.0. The maximum absolute atomic E-state index is 12.2. The molecule has 0 heterocycles. The van der Waals surface area contributed by atoms with Gasteiger partial charge in [0.15, 0.2) is 0 Å². The van der Waals surface area contributed by atoms with E-state index in [4.69, 9.17) is 16.7 Å². The first-order valence-corrected chi connectivity index (χ1v) is 10.3. The fraction of sp³-hybridized carbons (Fsp3) is 0.316. The highest BCUT2D eigenvalue weighted by Gasteiger charge is 2.12. The number of hydrogen-bond donors (Lipinski definition) is 2. The minimum atomic E-state index is -3.53. The van der Waals surface area contributed by atoms with Crippen molar-refractivity contribution in [2.24, 2.45) is 0 Å². The van der Waals surface area contributed by atoms with Gasteiger partial charge in [-0.25, -0.2) is 13.1 Å². The third-order valence-electron chi connectivity index (χ3n) is 3.96. The Kier molecular flexibility index (Phi) is 7.63. The van der Waals surface area contributed by atoms with E-state index in [1.54, 1.807) is 12.1 Å². The van der Waals surface area contributed by atoms with Gasteiger partial charge in [-0.15, -0.1) is 0 Å². The lowest BCUT2D eigenvalue weighted by molar-refractivity contribution is -0.137. The quantitative estimate of drug-likeness (QED) is 0.601. The van der Waals surface area contributed by atoms with E-state index in [-0.39, 0.29) is 11.3 Å². The van der Waals surface area contributed by atoms with Gasteiger partial charge < -0.3 is 5.11 Å². The maximum atomic E-state index is 12.2. The van der Waals surface area contributed by atoms with Crippen molar-refractivity contribution in [3.8, 4) is 0 Å². The van der Waals surface area contributed by atoms with E-state index in [0.717, 1.165) is 24.0 Å². The largest absolute Gasteiger partial charge is 0.481 e. The van der Waals surface area contributed by atoms with Crippen LogP contribution in [0.1, 0.15) is 30.4 Å². The molecule has 2 aromatic rings. The van der Waals surface area contributed by atoms with E-state index in [0.29, 0.717) is 24.4 Å². The molecule has 0 spiro atoms. The van der Waals surface area contributed by atoms with Crippen LogP contribution in [0.2, 0.25) is 5.02 Å². The average molecular weight is 396 g/mol. The Labute approximate surface area is 159 Å². The number of rotatable bonds is 10. The van der Waals surface area contributed by atoms with Gasteiger partial charge >= 0.3 is 5.97 Å². The molecule has 0 aliphatic rings. The molecule has 140 valence electrons. The van der Waals surface area contributed by atoms with Crippen molar-refractivity contribution in [1.29, 1.82) is 0 Å². The van der Waals surface area contributed by atoms with Crippen LogP contribution in [0, 0.1) is 0 Å². The Bertz CT molecular complexity index is 818. The molecule has 0 saturated carbocycles. The van der Waals surface area contributed by atoms with Crippen molar-refractivity contribution in [2.45, 2.75) is 37.0 Å². The third-order valence-corrected chi connectivity index (χ3v) is 5.69. The highest BCUT2D eigenvalue weighted by Crippen LogP contribution is 2.14. The highest BCUT2D eigenvalue weighted by atomic mass is 35.5. The molecule has 0 radical (unpaired) electrons. The number of aryl methyl sites for hydroxylation is 1. The first-order chi connectivity index (χ1) is 12.4. The molecule has 0 fully saturated rings. The summed E-state index contributed by atoms with van der Waals surface area (Å²) in [4.78, 5) is 10.7. The molecule has 0 aliphatic heterocycles. The molecule has 5 nitrogen and oxygen atoms in total. The molecular formula is C19H22ClNO4S. The van der Waals surface area contributed by atoms with Gasteiger partial charge in [0, 0.05) is 18.0 Å². The number of carboxylic acid groups (broad SMARTS) is 1. The van der Waals surface area contributed by atoms with Gasteiger partial charge in [0.1, 0.15) is 0 Å². The first kappa shape index (κ1) is 20.4.